The molecule has 2 fully saturated rings. The van der Waals surface area contributed by atoms with Crippen LogP contribution in [0.3, 0.4) is 0 Å². The second kappa shape index (κ2) is 7.98. The lowest BCUT2D eigenvalue weighted by Gasteiger charge is -2.32. The number of aromatic nitrogens is 3. The number of fused-ring (bicyclic) bond motifs is 2. The summed E-state index contributed by atoms with van der Waals surface area (Å²) >= 11 is 1.27. The first-order chi connectivity index (χ1) is 15.7. The molecule has 6 rings (SSSR count). The Bertz CT molecular complexity index is 1270. The van der Waals surface area contributed by atoms with Crippen LogP contribution < -0.4 is 5.32 Å². The zero-order chi connectivity index (χ0) is 21.5. The van der Waals surface area contributed by atoms with Gasteiger partial charge in [0.05, 0.1) is 11.7 Å². The molecule has 0 bridgehead atoms. The van der Waals surface area contributed by atoms with E-state index in [2.05, 4.69) is 66.5 Å². The summed E-state index contributed by atoms with van der Waals surface area (Å²) in [5, 5.41) is 4.46. The molecule has 2 aromatic heterocycles. The predicted molar refractivity (Wildman–Crippen MR) is 127 cm³/mol. The fourth-order valence-corrected chi connectivity index (χ4v) is 5.91. The van der Waals surface area contributed by atoms with Crippen molar-refractivity contribution in [2.24, 2.45) is 11.3 Å². The average Bonchev–Trinajstić information content (AvgIpc) is 3.13. The maximum absolute atomic E-state index is 12.8. The molecule has 1 saturated heterocycles. The summed E-state index contributed by atoms with van der Waals surface area (Å²) in [5.41, 5.74) is 5.93. The Morgan fingerprint density at radius 1 is 1.16 bits per heavy atom. The Balaban J connectivity index is 0.986. The van der Waals surface area contributed by atoms with Crippen molar-refractivity contribution in [1.29, 1.82) is 0 Å². The molecule has 7 heteroatoms. The molecule has 1 amide bonds. The van der Waals surface area contributed by atoms with Crippen LogP contribution in [0.1, 0.15) is 30.4 Å². The molecule has 2 aromatic carbocycles. The molecule has 32 heavy (non-hydrogen) atoms. The van der Waals surface area contributed by atoms with E-state index in [1.807, 2.05) is 6.07 Å². The van der Waals surface area contributed by atoms with E-state index < -0.39 is 0 Å². The number of carbonyl (C=O) groups is 1. The van der Waals surface area contributed by atoms with Gasteiger partial charge in [-0.25, -0.2) is 0 Å². The Morgan fingerprint density at radius 2 is 2.00 bits per heavy atom. The molecule has 3 heterocycles. The molecule has 164 valence electrons. The SMILES string of the molecule is O=C(NCCc1c[nH]c2ccccc12)C1CC12CCN(Cc1ccc3nsnc3c1)CC2. The lowest BCUT2D eigenvalue weighted by atomic mass is 9.90. The van der Waals surface area contributed by atoms with Gasteiger partial charge in [-0.05, 0) is 73.5 Å². The number of rotatable bonds is 6. The summed E-state index contributed by atoms with van der Waals surface area (Å²) in [6.07, 6.45) is 6.22. The zero-order valence-electron chi connectivity index (χ0n) is 18.0. The van der Waals surface area contributed by atoms with Gasteiger partial charge < -0.3 is 10.3 Å². The Kier molecular flexibility index (Phi) is 4.96. The number of nitrogens with one attached hydrogen (secondary N) is 2. The quantitative estimate of drug-likeness (QED) is 0.468. The minimum absolute atomic E-state index is 0.199. The molecular formula is C25H27N5OS. The number of benzene rings is 2. The van der Waals surface area contributed by atoms with Crippen molar-refractivity contribution in [2.75, 3.05) is 19.6 Å². The summed E-state index contributed by atoms with van der Waals surface area (Å²) in [5.74, 6) is 0.449. The maximum atomic E-state index is 12.8. The fraction of sp³-hybridized carbons (Fsp3) is 0.400. The molecule has 1 aliphatic carbocycles. The van der Waals surface area contributed by atoms with Gasteiger partial charge in [-0.2, -0.15) is 8.75 Å². The number of hydrogen-bond acceptors (Lipinski definition) is 5. The van der Waals surface area contributed by atoms with Gasteiger partial charge in [-0.1, -0.05) is 24.3 Å². The zero-order valence-corrected chi connectivity index (χ0v) is 18.8. The highest BCUT2D eigenvalue weighted by Gasteiger charge is 2.58. The second-order valence-corrected chi connectivity index (χ2v) is 9.91. The largest absolute Gasteiger partial charge is 0.361 e. The van der Waals surface area contributed by atoms with Gasteiger partial charge in [0, 0.05) is 36.1 Å². The molecular weight excluding hydrogens is 418 g/mol. The van der Waals surface area contributed by atoms with E-state index in [1.165, 1.54) is 28.2 Å². The number of para-hydroxylation sites is 1. The van der Waals surface area contributed by atoms with Gasteiger partial charge in [0.2, 0.25) is 5.91 Å². The summed E-state index contributed by atoms with van der Waals surface area (Å²) in [6, 6.07) is 14.7. The minimum atomic E-state index is 0.199. The third-order valence-electron chi connectivity index (χ3n) is 7.45. The van der Waals surface area contributed by atoms with Crippen molar-refractivity contribution in [3.8, 4) is 0 Å². The number of likely N-dealkylation sites (tertiary alicyclic amines) is 1. The first-order valence-electron chi connectivity index (χ1n) is 11.5. The molecule has 1 saturated carbocycles. The lowest BCUT2D eigenvalue weighted by Crippen LogP contribution is -2.37. The van der Waals surface area contributed by atoms with E-state index in [0.29, 0.717) is 6.54 Å². The van der Waals surface area contributed by atoms with Crippen LogP contribution in [0.2, 0.25) is 0 Å². The van der Waals surface area contributed by atoms with Crippen LogP contribution in [-0.2, 0) is 17.8 Å². The number of amides is 1. The third-order valence-corrected chi connectivity index (χ3v) is 8.01. The number of hydrogen-bond donors (Lipinski definition) is 2. The Labute approximate surface area is 191 Å². The first-order valence-corrected chi connectivity index (χ1v) is 12.2. The van der Waals surface area contributed by atoms with E-state index in [9.17, 15) is 4.79 Å². The summed E-state index contributed by atoms with van der Waals surface area (Å²) < 4.78 is 8.64. The predicted octanol–water partition coefficient (Wildman–Crippen LogP) is 4.13. The highest BCUT2D eigenvalue weighted by atomic mass is 32.1. The van der Waals surface area contributed by atoms with Crippen LogP contribution in [-0.4, -0.2) is 44.2 Å². The topological polar surface area (TPSA) is 73.9 Å². The minimum Gasteiger partial charge on any atom is -0.361 e. The van der Waals surface area contributed by atoms with Crippen molar-refractivity contribution in [1.82, 2.24) is 23.9 Å². The Hall–Kier alpha value is -2.77. The highest BCUT2D eigenvalue weighted by Crippen LogP contribution is 2.59. The van der Waals surface area contributed by atoms with E-state index in [0.717, 1.165) is 61.9 Å². The van der Waals surface area contributed by atoms with Gasteiger partial charge in [0.25, 0.3) is 0 Å². The van der Waals surface area contributed by atoms with Crippen molar-refractivity contribution >= 4 is 39.6 Å². The molecule has 1 spiro atoms. The molecule has 2 N–H and O–H groups in total. The van der Waals surface area contributed by atoms with Crippen LogP contribution in [0.5, 0.6) is 0 Å². The molecule has 0 radical (unpaired) electrons. The number of nitrogens with zero attached hydrogens (tertiary/aromatic N) is 3. The normalized spacial score (nSPS) is 20.2. The maximum Gasteiger partial charge on any atom is 0.223 e. The van der Waals surface area contributed by atoms with E-state index in [-0.39, 0.29) is 17.2 Å². The number of carbonyl (C=O) groups excluding carboxylic acids is 1. The Morgan fingerprint density at radius 3 is 2.91 bits per heavy atom. The van der Waals surface area contributed by atoms with Gasteiger partial charge in [0.15, 0.2) is 0 Å². The second-order valence-electron chi connectivity index (χ2n) is 9.38. The van der Waals surface area contributed by atoms with Crippen molar-refractivity contribution in [3.05, 3.63) is 59.8 Å². The van der Waals surface area contributed by atoms with Gasteiger partial charge in [-0.3, -0.25) is 9.69 Å². The molecule has 6 nitrogen and oxygen atoms in total. The summed E-state index contributed by atoms with van der Waals surface area (Å²) in [7, 11) is 0. The molecule has 1 unspecified atom stereocenters. The monoisotopic (exact) mass is 445 g/mol. The van der Waals surface area contributed by atoms with Crippen LogP contribution in [0.15, 0.2) is 48.7 Å². The molecule has 2 aliphatic rings. The van der Waals surface area contributed by atoms with Crippen LogP contribution in [0, 0.1) is 11.3 Å². The summed E-state index contributed by atoms with van der Waals surface area (Å²) in [4.78, 5) is 18.6. The van der Waals surface area contributed by atoms with Crippen LogP contribution >= 0.6 is 11.7 Å². The van der Waals surface area contributed by atoms with Crippen LogP contribution in [0.25, 0.3) is 21.9 Å². The highest BCUT2D eigenvalue weighted by molar-refractivity contribution is 7.00. The number of aromatic amines is 1. The van der Waals surface area contributed by atoms with E-state index in [4.69, 9.17) is 0 Å². The van der Waals surface area contributed by atoms with Crippen molar-refractivity contribution in [3.63, 3.8) is 0 Å². The standard InChI is InChI=1S/C25H27N5OS/c31-24(26-10-7-18-15-27-21-4-2-1-3-19(18)21)20-14-25(20)8-11-30(12-9-25)16-17-5-6-22-23(13-17)29-32-28-22/h1-6,13,15,20,27H,7-12,14,16H2,(H,26,31). The van der Waals surface area contributed by atoms with Crippen molar-refractivity contribution in [2.45, 2.75) is 32.2 Å². The van der Waals surface area contributed by atoms with E-state index >= 15 is 0 Å². The fourth-order valence-electron chi connectivity index (χ4n) is 5.39. The lowest BCUT2D eigenvalue weighted by molar-refractivity contribution is -0.123. The first kappa shape index (κ1) is 19.9. The molecule has 4 aromatic rings. The smallest absolute Gasteiger partial charge is 0.223 e. The molecule has 1 atom stereocenters. The van der Waals surface area contributed by atoms with Gasteiger partial charge >= 0.3 is 0 Å². The van der Waals surface area contributed by atoms with Crippen molar-refractivity contribution < 1.29 is 4.79 Å². The number of H-pyrrole nitrogens is 1. The average molecular weight is 446 g/mol. The van der Waals surface area contributed by atoms with Crippen LogP contribution in [0.4, 0.5) is 0 Å². The van der Waals surface area contributed by atoms with Gasteiger partial charge in [-0.15, -0.1) is 0 Å². The molecule has 1 aliphatic heterocycles. The number of piperidine rings is 1. The summed E-state index contributed by atoms with van der Waals surface area (Å²) in [6.45, 7) is 3.78. The third kappa shape index (κ3) is 3.69. The van der Waals surface area contributed by atoms with E-state index in [1.54, 1.807) is 0 Å². The van der Waals surface area contributed by atoms with Gasteiger partial charge in [0.1, 0.15) is 11.0 Å².